The number of likely N-dealkylation sites (tertiary alicyclic amines) is 1. The zero-order valence-corrected chi connectivity index (χ0v) is 16.1. The molecule has 3 rings (SSSR count). The van der Waals surface area contributed by atoms with Crippen LogP contribution in [0.3, 0.4) is 0 Å². The van der Waals surface area contributed by atoms with Crippen molar-refractivity contribution in [3.05, 3.63) is 24.3 Å². The fraction of sp³-hybridized carbons (Fsp3) is 0.611. The van der Waals surface area contributed by atoms with E-state index in [1.54, 1.807) is 36.3 Å². The van der Waals surface area contributed by atoms with E-state index >= 15 is 0 Å². The Kier molecular flexibility index (Phi) is 6.16. The maximum Gasteiger partial charge on any atom is 0.243 e. The average molecular weight is 381 g/mol. The van der Waals surface area contributed by atoms with Gasteiger partial charge in [-0.25, -0.2) is 8.42 Å². The van der Waals surface area contributed by atoms with Crippen LogP contribution in [0.2, 0.25) is 0 Å². The number of amides is 1. The van der Waals surface area contributed by atoms with Crippen molar-refractivity contribution in [3.63, 3.8) is 0 Å². The third kappa shape index (κ3) is 4.36. The molecule has 0 bridgehead atoms. The first-order valence-electron chi connectivity index (χ1n) is 9.15. The largest absolute Gasteiger partial charge is 0.497 e. The summed E-state index contributed by atoms with van der Waals surface area (Å²) in [6.45, 7) is 4.56. The summed E-state index contributed by atoms with van der Waals surface area (Å²) in [7, 11) is -1.98. The average Bonchev–Trinajstić information content (AvgIpc) is 3.20. The molecule has 8 heteroatoms. The van der Waals surface area contributed by atoms with Crippen LogP contribution < -0.4 is 4.74 Å². The topological polar surface area (TPSA) is 70.2 Å². The number of rotatable bonds is 6. The molecule has 144 valence electrons. The van der Waals surface area contributed by atoms with E-state index in [0.717, 1.165) is 19.6 Å². The highest BCUT2D eigenvalue weighted by atomic mass is 32.2. The smallest absolute Gasteiger partial charge is 0.243 e. The zero-order chi connectivity index (χ0) is 18.6. The van der Waals surface area contributed by atoms with Gasteiger partial charge < -0.3 is 14.5 Å². The van der Waals surface area contributed by atoms with Crippen molar-refractivity contribution in [2.24, 2.45) is 0 Å². The van der Waals surface area contributed by atoms with Gasteiger partial charge in [0.2, 0.25) is 15.9 Å². The molecule has 1 aromatic rings. The number of ether oxygens (including phenoxy) is 1. The predicted octanol–water partition coefficient (Wildman–Crippen LogP) is 1.01. The third-order valence-electron chi connectivity index (χ3n) is 5.13. The van der Waals surface area contributed by atoms with Crippen molar-refractivity contribution in [2.45, 2.75) is 24.2 Å². The molecule has 1 amide bonds. The normalized spacial score (nSPS) is 19.7. The molecule has 2 aliphatic heterocycles. The Morgan fingerprint density at radius 2 is 1.62 bits per heavy atom. The zero-order valence-electron chi connectivity index (χ0n) is 15.3. The van der Waals surface area contributed by atoms with E-state index in [9.17, 15) is 13.2 Å². The number of carbonyl (C=O) groups excluding carboxylic acids is 1. The summed E-state index contributed by atoms with van der Waals surface area (Å²) in [6, 6.07) is 6.40. The molecule has 0 aromatic heterocycles. The number of hydrogen-bond donors (Lipinski definition) is 0. The molecular formula is C18H27N3O4S. The van der Waals surface area contributed by atoms with Crippen molar-refractivity contribution >= 4 is 15.9 Å². The minimum Gasteiger partial charge on any atom is -0.497 e. The van der Waals surface area contributed by atoms with Gasteiger partial charge in [0.15, 0.2) is 0 Å². The van der Waals surface area contributed by atoms with Crippen LogP contribution in [0.4, 0.5) is 0 Å². The maximum atomic E-state index is 12.7. The van der Waals surface area contributed by atoms with Gasteiger partial charge in [-0.3, -0.25) is 4.79 Å². The molecule has 0 aliphatic carbocycles. The predicted molar refractivity (Wildman–Crippen MR) is 98.6 cm³/mol. The molecule has 2 aliphatic rings. The third-order valence-corrected chi connectivity index (χ3v) is 7.04. The lowest BCUT2D eigenvalue weighted by Gasteiger charge is -2.34. The van der Waals surface area contributed by atoms with Gasteiger partial charge >= 0.3 is 0 Å². The van der Waals surface area contributed by atoms with Gasteiger partial charge in [0.1, 0.15) is 5.75 Å². The van der Waals surface area contributed by atoms with Gasteiger partial charge in [-0.1, -0.05) is 0 Å². The second kappa shape index (κ2) is 8.37. The van der Waals surface area contributed by atoms with Gasteiger partial charge in [0, 0.05) is 39.1 Å². The van der Waals surface area contributed by atoms with Gasteiger partial charge in [0.25, 0.3) is 0 Å². The number of nitrogens with zero attached hydrogens (tertiary/aromatic N) is 3. The Morgan fingerprint density at radius 3 is 2.19 bits per heavy atom. The molecule has 1 aromatic carbocycles. The molecule has 2 fully saturated rings. The highest BCUT2D eigenvalue weighted by molar-refractivity contribution is 7.89. The lowest BCUT2D eigenvalue weighted by Crippen LogP contribution is -2.50. The Bertz CT molecular complexity index is 706. The lowest BCUT2D eigenvalue weighted by molar-refractivity contribution is -0.132. The first-order chi connectivity index (χ1) is 12.5. The van der Waals surface area contributed by atoms with Crippen LogP contribution in [0, 0.1) is 0 Å². The first kappa shape index (κ1) is 19.1. The fourth-order valence-electron chi connectivity index (χ4n) is 3.49. The first-order valence-corrected chi connectivity index (χ1v) is 10.6. The molecule has 0 saturated carbocycles. The number of benzene rings is 1. The second-order valence-corrected chi connectivity index (χ2v) is 8.70. The fourth-order valence-corrected chi connectivity index (χ4v) is 4.91. The standard InChI is InChI=1S/C18H27N3O4S/c1-25-16-4-6-17(7-5-16)26(23,24)21-14-12-20(13-15-21)18(22)8-11-19-9-2-3-10-19/h4-7H,2-3,8-15H2,1H3. The summed E-state index contributed by atoms with van der Waals surface area (Å²) >= 11 is 0. The monoisotopic (exact) mass is 381 g/mol. The van der Waals surface area contributed by atoms with Crippen LogP contribution >= 0.6 is 0 Å². The Labute approximate surface area is 155 Å². The second-order valence-electron chi connectivity index (χ2n) is 6.76. The van der Waals surface area contributed by atoms with Crippen molar-refractivity contribution in [3.8, 4) is 5.75 Å². The van der Waals surface area contributed by atoms with Crippen molar-refractivity contribution in [1.29, 1.82) is 0 Å². The summed E-state index contributed by atoms with van der Waals surface area (Å²) in [5, 5.41) is 0. The van der Waals surface area contributed by atoms with Gasteiger partial charge in [-0.15, -0.1) is 0 Å². The molecule has 0 atom stereocenters. The minimum atomic E-state index is -3.53. The number of methoxy groups -OCH3 is 1. The van der Waals surface area contributed by atoms with E-state index in [1.165, 1.54) is 17.1 Å². The SMILES string of the molecule is COc1ccc(S(=O)(=O)N2CCN(C(=O)CCN3CCCC3)CC2)cc1. The number of piperazine rings is 1. The van der Waals surface area contributed by atoms with E-state index in [4.69, 9.17) is 4.74 Å². The van der Waals surface area contributed by atoms with Crippen LogP contribution in [0.5, 0.6) is 5.75 Å². The van der Waals surface area contributed by atoms with Crippen molar-refractivity contribution in [2.75, 3.05) is 52.9 Å². The van der Waals surface area contributed by atoms with E-state index < -0.39 is 10.0 Å². The lowest BCUT2D eigenvalue weighted by atomic mass is 10.3. The van der Waals surface area contributed by atoms with E-state index in [2.05, 4.69) is 4.90 Å². The Morgan fingerprint density at radius 1 is 1.00 bits per heavy atom. The van der Waals surface area contributed by atoms with Crippen LogP contribution in [0.15, 0.2) is 29.2 Å². The molecule has 2 heterocycles. The number of sulfonamides is 1. The molecule has 0 N–H and O–H groups in total. The van der Waals surface area contributed by atoms with E-state index in [0.29, 0.717) is 38.3 Å². The van der Waals surface area contributed by atoms with Crippen LogP contribution in [0.1, 0.15) is 19.3 Å². The van der Waals surface area contributed by atoms with E-state index in [-0.39, 0.29) is 10.8 Å². The summed E-state index contributed by atoms with van der Waals surface area (Å²) in [5.41, 5.74) is 0. The number of carbonyl (C=O) groups is 1. The molecule has 0 unspecified atom stereocenters. The van der Waals surface area contributed by atoms with Crippen LogP contribution in [-0.4, -0.2) is 81.4 Å². The van der Waals surface area contributed by atoms with E-state index in [1.807, 2.05) is 0 Å². The van der Waals surface area contributed by atoms with Gasteiger partial charge in [-0.2, -0.15) is 4.31 Å². The molecule has 0 radical (unpaired) electrons. The maximum absolute atomic E-state index is 12.7. The Hall–Kier alpha value is -1.64. The minimum absolute atomic E-state index is 0.124. The van der Waals surface area contributed by atoms with Gasteiger partial charge in [0.05, 0.1) is 12.0 Å². The summed E-state index contributed by atoms with van der Waals surface area (Å²) in [4.78, 5) is 16.7. The highest BCUT2D eigenvalue weighted by Gasteiger charge is 2.30. The number of hydrogen-bond acceptors (Lipinski definition) is 5. The summed E-state index contributed by atoms with van der Waals surface area (Å²) < 4.78 is 32.0. The molecule has 7 nitrogen and oxygen atoms in total. The summed E-state index contributed by atoms with van der Waals surface area (Å²) in [6.07, 6.45) is 2.96. The van der Waals surface area contributed by atoms with Crippen LogP contribution in [-0.2, 0) is 14.8 Å². The van der Waals surface area contributed by atoms with Gasteiger partial charge in [-0.05, 0) is 50.2 Å². The quantitative estimate of drug-likeness (QED) is 0.736. The van der Waals surface area contributed by atoms with Crippen molar-refractivity contribution < 1.29 is 17.9 Å². The summed E-state index contributed by atoms with van der Waals surface area (Å²) in [5.74, 6) is 0.746. The molecule has 26 heavy (non-hydrogen) atoms. The van der Waals surface area contributed by atoms with Crippen molar-refractivity contribution in [1.82, 2.24) is 14.1 Å². The highest BCUT2D eigenvalue weighted by Crippen LogP contribution is 2.21. The van der Waals surface area contributed by atoms with Crippen LogP contribution in [0.25, 0.3) is 0 Å². The molecular weight excluding hydrogens is 354 g/mol. The molecule has 0 spiro atoms. The Balaban J connectivity index is 1.52. The molecule has 2 saturated heterocycles.